The van der Waals surface area contributed by atoms with Crippen molar-refractivity contribution in [3.8, 4) is 5.75 Å². The number of carbonyl (C=O) groups is 2. The number of Topliss-reactive ketones (excluding diaryl/α,β-unsaturated/α-hetero) is 1. The molecule has 1 atom stereocenters. The number of hydrogen-bond acceptors (Lipinski definition) is 4. The summed E-state index contributed by atoms with van der Waals surface area (Å²) >= 11 is 0. The fraction of sp³-hybridized carbons (Fsp3) is 0.385. The number of benzene rings is 1. The van der Waals surface area contributed by atoms with Crippen LogP contribution in [-0.2, 0) is 9.53 Å². The summed E-state index contributed by atoms with van der Waals surface area (Å²) in [5.41, 5.74) is 0.504. The highest BCUT2D eigenvalue weighted by Crippen LogP contribution is 2.18. The van der Waals surface area contributed by atoms with Crippen molar-refractivity contribution in [2.24, 2.45) is 0 Å². The van der Waals surface area contributed by atoms with Crippen LogP contribution in [0.15, 0.2) is 24.3 Å². The molecule has 0 saturated carbocycles. The van der Waals surface area contributed by atoms with Gasteiger partial charge in [0.05, 0.1) is 12.2 Å². The summed E-state index contributed by atoms with van der Waals surface area (Å²) in [6, 6.07) is 6.89. The number of aliphatic carboxylic acids is 1. The number of para-hydroxylation sites is 1. The molecule has 0 aliphatic rings. The van der Waals surface area contributed by atoms with Crippen molar-refractivity contribution in [2.75, 3.05) is 13.2 Å². The van der Waals surface area contributed by atoms with Crippen LogP contribution < -0.4 is 4.74 Å². The standard InChI is InChI=1S/C13H16O5/c1-9(14)11-5-3-4-6-12(11)18-8-7-17-10(2)13(15)16/h3-6,10H,7-8H2,1-2H3,(H,15,16). The van der Waals surface area contributed by atoms with Crippen LogP contribution in [0.5, 0.6) is 5.75 Å². The van der Waals surface area contributed by atoms with E-state index in [2.05, 4.69) is 0 Å². The zero-order valence-corrected chi connectivity index (χ0v) is 10.4. The summed E-state index contributed by atoms with van der Waals surface area (Å²) in [7, 11) is 0. The van der Waals surface area contributed by atoms with Crippen LogP contribution in [0.2, 0.25) is 0 Å². The van der Waals surface area contributed by atoms with E-state index in [-0.39, 0.29) is 19.0 Å². The van der Waals surface area contributed by atoms with Crippen molar-refractivity contribution in [2.45, 2.75) is 20.0 Å². The van der Waals surface area contributed by atoms with Gasteiger partial charge in [-0.1, -0.05) is 12.1 Å². The van der Waals surface area contributed by atoms with E-state index in [4.69, 9.17) is 14.6 Å². The monoisotopic (exact) mass is 252 g/mol. The van der Waals surface area contributed by atoms with Gasteiger partial charge in [-0.25, -0.2) is 4.79 Å². The maximum absolute atomic E-state index is 11.3. The molecule has 1 unspecified atom stereocenters. The summed E-state index contributed by atoms with van der Waals surface area (Å²) in [6.45, 7) is 3.26. The average Bonchev–Trinajstić information content (AvgIpc) is 2.34. The Balaban J connectivity index is 2.45. The molecule has 1 rings (SSSR count). The van der Waals surface area contributed by atoms with Gasteiger partial charge < -0.3 is 14.6 Å². The van der Waals surface area contributed by atoms with Gasteiger partial charge in [0.15, 0.2) is 11.9 Å². The van der Waals surface area contributed by atoms with Crippen LogP contribution in [0, 0.1) is 0 Å². The molecule has 1 aromatic rings. The van der Waals surface area contributed by atoms with E-state index in [1.165, 1.54) is 13.8 Å². The lowest BCUT2D eigenvalue weighted by molar-refractivity contribution is -0.149. The Bertz CT molecular complexity index is 427. The van der Waals surface area contributed by atoms with Gasteiger partial charge in [-0.2, -0.15) is 0 Å². The normalized spacial score (nSPS) is 11.9. The molecule has 0 aliphatic heterocycles. The summed E-state index contributed by atoms with van der Waals surface area (Å²) in [4.78, 5) is 21.8. The van der Waals surface area contributed by atoms with Gasteiger partial charge in [-0.3, -0.25) is 4.79 Å². The molecule has 0 saturated heterocycles. The highest BCUT2D eigenvalue weighted by atomic mass is 16.5. The number of hydrogen-bond donors (Lipinski definition) is 1. The number of ether oxygens (including phenoxy) is 2. The van der Waals surface area contributed by atoms with Crippen LogP contribution in [0.25, 0.3) is 0 Å². The van der Waals surface area contributed by atoms with E-state index in [0.29, 0.717) is 11.3 Å². The first-order chi connectivity index (χ1) is 8.52. The lowest BCUT2D eigenvalue weighted by atomic mass is 10.1. The second-order valence-electron chi connectivity index (χ2n) is 3.75. The number of carboxylic acids is 1. The molecule has 0 spiro atoms. The predicted octanol–water partition coefficient (Wildman–Crippen LogP) is 1.76. The molecule has 0 heterocycles. The summed E-state index contributed by atoms with van der Waals surface area (Å²) < 4.78 is 10.4. The Morgan fingerprint density at radius 3 is 2.56 bits per heavy atom. The first-order valence-corrected chi connectivity index (χ1v) is 5.59. The largest absolute Gasteiger partial charge is 0.490 e. The lowest BCUT2D eigenvalue weighted by Crippen LogP contribution is -2.22. The van der Waals surface area contributed by atoms with E-state index in [1.54, 1.807) is 24.3 Å². The Hall–Kier alpha value is -1.88. The highest BCUT2D eigenvalue weighted by Gasteiger charge is 2.11. The molecule has 0 aliphatic carbocycles. The molecule has 5 nitrogen and oxygen atoms in total. The van der Waals surface area contributed by atoms with Gasteiger partial charge in [0.2, 0.25) is 0 Å². The minimum absolute atomic E-state index is 0.0783. The number of carbonyl (C=O) groups excluding carboxylic acids is 1. The first-order valence-electron chi connectivity index (χ1n) is 5.59. The van der Waals surface area contributed by atoms with Gasteiger partial charge in [-0.05, 0) is 26.0 Å². The SMILES string of the molecule is CC(=O)c1ccccc1OCCOC(C)C(=O)O. The van der Waals surface area contributed by atoms with Crippen molar-refractivity contribution >= 4 is 11.8 Å². The second kappa shape index (κ2) is 6.76. The molecule has 0 aromatic heterocycles. The van der Waals surface area contributed by atoms with E-state index in [0.717, 1.165) is 0 Å². The fourth-order valence-electron chi connectivity index (χ4n) is 1.33. The molecule has 0 amide bonds. The van der Waals surface area contributed by atoms with Crippen LogP contribution in [-0.4, -0.2) is 36.2 Å². The zero-order chi connectivity index (χ0) is 13.5. The molecule has 98 valence electrons. The molecular formula is C13H16O5. The van der Waals surface area contributed by atoms with Gasteiger partial charge in [0.25, 0.3) is 0 Å². The highest BCUT2D eigenvalue weighted by molar-refractivity contribution is 5.96. The van der Waals surface area contributed by atoms with Gasteiger partial charge >= 0.3 is 5.97 Å². The summed E-state index contributed by atoms with van der Waals surface area (Å²) in [5, 5.41) is 8.60. The Morgan fingerprint density at radius 1 is 1.28 bits per heavy atom. The Kier molecular flexibility index (Phi) is 5.32. The smallest absolute Gasteiger partial charge is 0.332 e. The van der Waals surface area contributed by atoms with Gasteiger partial charge in [0, 0.05) is 0 Å². The molecule has 1 aromatic carbocycles. The minimum atomic E-state index is -1.01. The van der Waals surface area contributed by atoms with E-state index in [1.807, 2.05) is 0 Å². The minimum Gasteiger partial charge on any atom is -0.490 e. The molecule has 1 N–H and O–H groups in total. The van der Waals surface area contributed by atoms with Crippen LogP contribution in [0.1, 0.15) is 24.2 Å². The van der Waals surface area contributed by atoms with Crippen LogP contribution >= 0.6 is 0 Å². The van der Waals surface area contributed by atoms with Crippen LogP contribution in [0.3, 0.4) is 0 Å². The topological polar surface area (TPSA) is 72.8 Å². The third-order valence-corrected chi connectivity index (χ3v) is 2.32. The van der Waals surface area contributed by atoms with Crippen molar-refractivity contribution in [3.05, 3.63) is 29.8 Å². The quantitative estimate of drug-likeness (QED) is 0.591. The van der Waals surface area contributed by atoms with E-state index >= 15 is 0 Å². The second-order valence-corrected chi connectivity index (χ2v) is 3.75. The molecule has 18 heavy (non-hydrogen) atoms. The molecule has 5 heteroatoms. The van der Waals surface area contributed by atoms with Crippen LogP contribution in [0.4, 0.5) is 0 Å². The first kappa shape index (κ1) is 14.2. The average molecular weight is 252 g/mol. The number of ketones is 1. The summed E-state index contributed by atoms with van der Waals surface area (Å²) in [6.07, 6.45) is -0.864. The van der Waals surface area contributed by atoms with Crippen molar-refractivity contribution in [1.29, 1.82) is 0 Å². The molecule has 0 fully saturated rings. The predicted molar refractivity (Wildman–Crippen MR) is 65.0 cm³/mol. The van der Waals surface area contributed by atoms with Gasteiger partial charge in [-0.15, -0.1) is 0 Å². The number of carboxylic acid groups (broad SMARTS) is 1. The lowest BCUT2D eigenvalue weighted by Gasteiger charge is -2.11. The summed E-state index contributed by atoms with van der Waals surface area (Å²) in [5.74, 6) is -0.610. The third-order valence-electron chi connectivity index (χ3n) is 2.32. The number of rotatable bonds is 7. The third kappa shape index (κ3) is 4.18. The molecular weight excluding hydrogens is 236 g/mol. The van der Waals surface area contributed by atoms with Gasteiger partial charge in [0.1, 0.15) is 12.4 Å². The van der Waals surface area contributed by atoms with Crippen molar-refractivity contribution in [1.82, 2.24) is 0 Å². The zero-order valence-electron chi connectivity index (χ0n) is 10.4. The fourth-order valence-corrected chi connectivity index (χ4v) is 1.33. The maximum atomic E-state index is 11.3. The Labute approximate surface area is 105 Å². The Morgan fingerprint density at radius 2 is 1.94 bits per heavy atom. The van der Waals surface area contributed by atoms with Crippen molar-refractivity contribution in [3.63, 3.8) is 0 Å². The molecule has 0 bridgehead atoms. The van der Waals surface area contributed by atoms with E-state index < -0.39 is 12.1 Å². The van der Waals surface area contributed by atoms with Crippen molar-refractivity contribution < 1.29 is 24.2 Å². The molecule has 0 radical (unpaired) electrons. The maximum Gasteiger partial charge on any atom is 0.332 e. The van der Waals surface area contributed by atoms with E-state index in [9.17, 15) is 9.59 Å².